The topological polar surface area (TPSA) is 78.8 Å². The van der Waals surface area contributed by atoms with Gasteiger partial charge in [-0.1, -0.05) is 41.5 Å². The Hall–Kier alpha value is -4.17. The van der Waals surface area contributed by atoms with Crippen molar-refractivity contribution in [2.75, 3.05) is 47.8 Å². The minimum atomic E-state index is 0.237. The standard InChI is InChI=1S/C30H30ClN7O/c1-3-5-21-16-26(33-18-21)34-27-17-28(38-12-10-37(11-13-38)23-6-4-9-32-19-23)36-30(35-27)39-25-8-7-22-14-20(2)15-24(22)29(25)31/h3-9,15-17,19H,10-14,18H2,1-2H3,(H,33,34,35,36)/b5-3+. The predicted molar refractivity (Wildman–Crippen MR) is 158 cm³/mol. The monoisotopic (exact) mass is 539 g/mol. The highest BCUT2D eigenvalue weighted by Gasteiger charge is 2.22. The van der Waals surface area contributed by atoms with E-state index in [9.17, 15) is 0 Å². The smallest absolute Gasteiger partial charge is 0.325 e. The summed E-state index contributed by atoms with van der Waals surface area (Å²) in [7, 11) is 0. The van der Waals surface area contributed by atoms with Gasteiger partial charge in [0, 0.05) is 44.0 Å². The van der Waals surface area contributed by atoms with E-state index in [0.717, 1.165) is 61.1 Å². The minimum absolute atomic E-state index is 0.237. The number of hydrogen-bond donors (Lipinski definition) is 1. The number of halogens is 1. The fraction of sp³-hybridized carbons (Fsp3) is 0.267. The van der Waals surface area contributed by atoms with E-state index in [1.807, 2.05) is 43.5 Å². The summed E-state index contributed by atoms with van der Waals surface area (Å²) in [5.74, 6) is 2.71. The third-order valence-electron chi connectivity index (χ3n) is 6.99. The number of fused-ring (bicyclic) bond motifs is 1. The van der Waals surface area contributed by atoms with Crippen LogP contribution < -0.4 is 19.9 Å². The first-order valence-corrected chi connectivity index (χ1v) is 13.5. The van der Waals surface area contributed by atoms with Crippen molar-refractivity contribution < 1.29 is 4.74 Å². The van der Waals surface area contributed by atoms with Gasteiger partial charge in [0.1, 0.15) is 23.2 Å². The van der Waals surface area contributed by atoms with Gasteiger partial charge in [-0.05, 0) is 55.7 Å². The van der Waals surface area contributed by atoms with E-state index in [2.05, 4.69) is 61.3 Å². The van der Waals surface area contributed by atoms with E-state index in [0.29, 0.717) is 23.1 Å². The molecule has 8 nitrogen and oxygen atoms in total. The van der Waals surface area contributed by atoms with E-state index in [4.69, 9.17) is 21.3 Å². The van der Waals surface area contributed by atoms with Crippen molar-refractivity contribution in [3.05, 3.63) is 88.2 Å². The lowest BCUT2D eigenvalue weighted by Crippen LogP contribution is -2.46. The number of rotatable bonds is 6. The van der Waals surface area contributed by atoms with E-state index in [1.165, 1.54) is 11.1 Å². The number of ether oxygens (including phenoxy) is 1. The van der Waals surface area contributed by atoms with Crippen LogP contribution in [0.4, 0.5) is 17.3 Å². The molecule has 3 aliphatic rings. The molecule has 1 aliphatic carbocycles. The van der Waals surface area contributed by atoms with Gasteiger partial charge in [-0.3, -0.25) is 9.98 Å². The number of aromatic nitrogens is 3. The van der Waals surface area contributed by atoms with Gasteiger partial charge in [-0.2, -0.15) is 9.97 Å². The molecule has 0 bridgehead atoms. The van der Waals surface area contributed by atoms with E-state index >= 15 is 0 Å². The zero-order valence-corrected chi connectivity index (χ0v) is 22.8. The van der Waals surface area contributed by atoms with Gasteiger partial charge in [-0.25, -0.2) is 0 Å². The van der Waals surface area contributed by atoms with Gasteiger partial charge in [0.05, 0.1) is 23.5 Å². The number of nitrogens with zero attached hydrogens (tertiary/aromatic N) is 6. The van der Waals surface area contributed by atoms with Gasteiger partial charge in [0.25, 0.3) is 0 Å². The van der Waals surface area contributed by atoms with Gasteiger partial charge >= 0.3 is 6.01 Å². The lowest BCUT2D eigenvalue weighted by Gasteiger charge is -2.36. The molecule has 6 rings (SSSR count). The summed E-state index contributed by atoms with van der Waals surface area (Å²) in [6.45, 7) is 8.08. The van der Waals surface area contributed by atoms with Gasteiger partial charge in [0.2, 0.25) is 0 Å². The first kappa shape index (κ1) is 25.1. The Bertz CT molecular complexity index is 1510. The fourth-order valence-corrected chi connectivity index (χ4v) is 5.36. The zero-order valence-electron chi connectivity index (χ0n) is 22.1. The number of hydrogen-bond acceptors (Lipinski definition) is 8. The summed E-state index contributed by atoms with van der Waals surface area (Å²) in [5.41, 5.74) is 5.77. The normalized spacial score (nSPS) is 16.7. The third kappa shape index (κ3) is 5.52. The van der Waals surface area contributed by atoms with Crippen LogP contribution in [-0.2, 0) is 6.42 Å². The molecule has 39 heavy (non-hydrogen) atoms. The van der Waals surface area contributed by atoms with Crippen LogP contribution in [0.3, 0.4) is 0 Å². The van der Waals surface area contributed by atoms with Crippen LogP contribution in [0.5, 0.6) is 11.8 Å². The van der Waals surface area contributed by atoms with Crippen LogP contribution in [0.15, 0.2) is 77.1 Å². The number of benzene rings is 1. The van der Waals surface area contributed by atoms with Gasteiger partial charge in [-0.15, -0.1) is 0 Å². The van der Waals surface area contributed by atoms with Crippen molar-refractivity contribution >= 4 is 40.8 Å². The first-order valence-electron chi connectivity index (χ1n) is 13.2. The quantitative estimate of drug-likeness (QED) is 0.416. The summed E-state index contributed by atoms with van der Waals surface area (Å²) in [6, 6.07) is 10.2. The summed E-state index contributed by atoms with van der Waals surface area (Å²) in [4.78, 5) is 22.9. The highest BCUT2D eigenvalue weighted by atomic mass is 35.5. The molecule has 2 aromatic heterocycles. The lowest BCUT2D eigenvalue weighted by molar-refractivity contribution is 0.442. The Morgan fingerprint density at radius 3 is 2.69 bits per heavy atom. The van der Waals surface area contributed by atoms with E-state index in [-0.39, 0.29) is 6.01 Å². The maximum absolute atomic E-state index is 6.76. The molecule has 1 aromatic carbocycles. The Labute approximate surface area is 233 Å². The Kier molecular flexibility index (Phi) is 7.02. The molecule has 2 aliphatic heterocycles. The Balaban J connectivity index is 1.27. The molecular weight excluding hydrogens is 510 g/mol. The van der Waals surface area contributed by atoms with Crippen LogP contribution in [0, 0.1) is 0 Å². The molecule has 0 unspecified atom stereocenters. The Morgan fingerprint density at radius 2 is 1.90 bits per heavy atom. The molecule has 4 heterocycles. The molecule has 0 spiro atoms. The largest absolute Gasteiger partial charge is 0.423 e. The van der Waals surface area contributed by atoms with Crippen molar-refractivity contribution in [3.8, 4) is 11.8 Å². The van der Waals surface area contributed by atoms with E-state index < -0.39 is 0 Å². The number of pyridine rings is 1. The molecule has 1 saturated heterocycles. The SMILES string of the molecule is C/C=C/C1=CC(Nc2cc(N3CCN(c4cccnc4)CC3)nc(Oc3ccc4c(c3Cl)C=C(C)C4)n2)=NC1. The van der Waals surface area contributed by atoms with Crippen LogP contribution in [-0.4, -0.2) is 53.5 Å². The zero-order chi connectivity index (χ0) is 26.8. The molecule has 9 heteroatoms. The summed E-state index contributed by atoms with van der Waals surface area (Å²) < 4.78 is 6.22. The first-order chi connectivity index (χ1) is 19.1. The second kappa shape index (κ2) is 10.9. The molecule has 198 valence electrons. The highest BCUT2D eigenvalue weighted by Crippen LogP contribution is 2.39. The lowest BCUT2D eigenvalue weighted by atomic mass is 10.1. The van der Waals surface area contributed by atoms with Crippen molar-refractivity contribution in [1.82, 2.24) is 15.0 Å². The highest BCUT2D eigenvalue weighted by molar-refractivity contribution is 6.33. The number of aliphatic imine (C=N–C) groups is 1. The van der Waals surface area contributed by atoms with Crippen LogP contribution in [0.25, 0.3) is 6.08 Å². The van der Waals surface area contributed by atoms with Crippen LogP contribution >= 0.6 is 11.6 Å². The summed E-state index contributed by atoms with van der Waals surface area (Å²) in [5, 5.41) is 3.93. The second-order valence-electron chi connectivity index (χ2n) is 9.85. The summed E-state index contributed by atoms with van der Waals surface area (Å²) in [6.07, 6.45) is 12.8. The maximum atomic E-state index is 6.76. The summed E-state index contributed by atoms with van der Waals surface area (Å²) >= 11 is 6.76. The number of piperazine rings is 1. The Morgan fingerprint density at radius 1 is 1.05 bits per heavy atom. The van der Waals surface area contributed by atoms with Gasteiger partial charge < -0.3 is 19.9 Å². The van der Waals surface area contributed by atoms with Crippen molar-refractivity contribution in [1.29, 1.82) is 0 Å². The molecule has 3 aromatic rings. The average molecular weight is 540 g/mol. The molecular formula is C30H30ClN7O. The van der Waals surface area contributed by atoms with Crippen molar-refractivity contribution in [3.63, 3.8) is 0 Å². The second-order valence-corrected chi connectivity index (χ2v) is 10.2. The average Bonchev–Trinajstić information content (AvgIpc) is 3.57. The number of amidine groups is 1. The van der Waals surface area contributed by atoms with Crippen LogP contribution in [0.1, 0.15) is 25.0 Å². The predicted octanol–water partition coefficient (Wildman–Crippen LogP) is 5.93. The fourth-order valence-electron chi connectivity index (χ4n) is 5.08. The molecule has 0 saturated carbocycles. The van der Waals surface area contributed by atoms with Crippen LogP contribution in [0.2, 0.25) is 5.02 Å². The molecule has 1 fully saturated rings. The maximum Gasteiger partial charge on any atom is 0.325 e. The van der Waals surface area contributed by atoms with Gasteiger partial charge in [0.15, 0.2) is 0 Å². The van der Waals surface area contributed by atoms with Crippen molar-refractivity contribution in [2.24, 2.45) is 4.99 Å². The molecule has 0 atom stereocenters. The molecule has 0 amide bonds. The number of nitrogens with one attached hydrogen (secondary N) is 1. The van der Waals surface area contributed by atoms with E-state index in [1.54, 1.807) is 6.20 Å². The third-order valence-corrected chi connectivity index (χ3v) is 7.38. The number of allylic oxidation sites excluding steroid dienone is 2. The minimum Gasteiger partial charge on any atom is -0.423 e. The van der Waals surface area contributed by atoms with Crippen molar-refractivity contribution in [2.45, 2.75) is 20.3 Å². The molecule has 1 N–H and O–H groups in total. The number of anilines is 3. The molecule has 0 radical (unpaired) electrons.